The molecule has 4 heteroatoms. The summed E-state index contributed by atoms with van der Waals surface area (Å²) in [6.07, 6.45) is 1.97. The molecule has 0 aromatic heterocycles. The van der Waals surface area contributed by atoms with Crippen LogP contribution in [0.1, 0.15) is 19.8 Å². The maximum Gasteiger partial charge on any atom is 0.244 e. The SMILES string of the molecule is CCCNC1CCN(c2ccc(I)cc2)C1=O. The van der Waals surface area contributed by atoms with Gasteiger partial charge in [0.25, 0.3) is 0 Å². The van der Waals surface area contributed by atoms with Crippen molar-refractivity contribution < 1.29 is 4.79 Å². The summed E-state index contributed by atoms with van der Waals surface area (Å²) in [5.41, 5.74) is 1.01. The molecule has 1 fully saturated rings. The molecule has 0 saturated carbocycles. The van der Waals surface area contributed by atoms with E-state index in [4.69, 9.17) is 0 Å². The summed E-state index contributed by atoms with van der Waals surface area (Å²) in [7, 11) is 0. The molecule has 3 nitrogen and oxygen atoms in total. The predicted molar refractivity (Wildman–Crippen MR) is 78.2 cm³/mol. The van der Waals surface area contributed by atoms with Crippen molar-refractivity contribution in [2.24, 2.45) is 0 Å². The second-order valence-electron chi connectivity index (χ2n) is 4.26. The zero-order valence-corrected chi connectivity index (χ0v) is 12.1. The number of halogens is 1. The average molecular weight is 344 g/mol. The predicted octanol–water partition coefficient (Wildman–Crippen LogP) is 2.40. The van der Waals surface area contributed by atoms with E-state index < -0.39 is 0 Å². The zero-order chi connectivity index (χ0) is 12.3. The fourth-order valence-electron chi connectivity index (χ4n) is 2.07. The third-order valence-corrected chi connectivity index (χ3v) is 3.70. The van der Waals surface area contributed by atoms with Gasteiger partial charge in [0.1, 0.15) is 0 Å². The molecular formula is C13H17IN2O. The van der Waals surface area contributed by atoms with E-state index >= 15 is 0 Å². The maximum atomic E-state index is 12.2. The summed E-state index contributed by atoms with van der Waals surface area (Å²) in [4.78, 5) is 14.0. The zero-order valence-electron chi connectivity index (χ0n) is 9.95. The molecule has 0 radical (unpaired) electrons. The lowest BCUT2D eigenvalue weighted by Gasteiger charge is -2.17. The Labute approximate surface area is 116 Å². The third-order valence-electron chi connectivity index (χ3n) is 2.98. The number of benzene rings is 1. The Bertz CT molecular complexity index is 391. The maximum absolute atomic E-state index is 12.2. The van der Waals surface area contributed by atoms with Gasteiger partial charge in [-0.05, 0) is 66.2 Å². The number of amides is 1. The van der Waals surface area contributed by atoms with Gasteiger partial charge in [0.2, 0.25) is 5.91 Å². The van der Waals surface area contributed by atoms with Crippen LogP contribution in [0.15, 0.2) is 24.3 Å². The fraction of sp³-hybridized carbons (Fsp3) is 0.462. The normalized spacial score (nSPS) is 20.0. The molecule has 1 unspecified atom stereocenters. The molecule has 1 aliphatic heterocycles. The van der Waals surface area contributed by atoms with Crippen LogP contribution in [0, 0.1) is 3.57 Å². The molecule has 92 valence electrons. The van der Waals surface area contributed by atoms with E-state index in [1.807, 2.05) is 29.2 Å². The summed E-state index contributed by atoms with van der Waals surface area (Å²) in [5, 5.41) is 3.30. The first-order valence-corrected chi connectivity index (χ1v) is 7.10. The van der Waals surface area contributed by atoms with Gasteiger partial charge >= 0.3 is 0 Å². The molecule has 1 amide bonds. The van der Waals surface area contributed by atoms with Gasteiger partial charge in [-0.25, -0.2) is 0 Å². The third kappa shape index (κ3) is 2.98. The molecule has 1 heterocycles. The first kappa shape index (κ1) is 12.8. The molecule has 17 heavy (non-hydrogen) atoms. The van der Waals surface area contributed by atoms with Crippen LogP contribution in [0.4, 0.5) is 5.69 Å². The highest BCUT2D eigenvalue weighted by molar-refractivity contribution is 14.1. The van der Waals surface area contributed by atoms with Gasteiger partial charge in [0.05, 0.1) is 6.04 Å². The molecule has 1 aromatic rings. The summed E-state index contributed by atoms with van der Waals surface area (Å²) >= 11 is 2.27. The van der Waals surface area contributed by atoms with Gasteiger partial charge in [-0.1, -0.05) is 6.92 Å². The van der Waals surface area contributed by atoms with Gasteiger partial charge in [-0.15, -0.1) is 0 Å². The van der Waals surface area contributed by atoms with Crippen molar-refractivity contribution in [3.63, 3.8) is 0 Å². The average Bonchev–Trinajstić information content (AvgIpc) is 2.69. The molecule has 1 N–H and O–H groups in total. The first-order valence-electron chi connectivity index (χ1n) is 6.02. The lowest BCUT2D eigenvalue weighted by atomic mass is 10.2. The monoisotopic (exact) mass is 344 g/mol. The minimum atomic E-state index is 0.00854. The van der Waals surface area contributed by atoms with Crippen molar-refractivity contribution in [3.8, 4) is 0 Å². The van der Waals surface area contributed by atoms with Crippen molar-refractivity contribution in [2.45, 2.75) is 25.8 Å². The largest absolute Gasteiger partial charge is 0.311 e. The smallest absolute Gasteiger partial charge is 0.244 e. The number of hydrogen-bond acceptors (Lipinski definition) is 2. The Kier molecular flexibility index (Phi) is 4.39. The summed E-state index contributed by atoms with van der Waals surface area (Å²) < 4.78 is 1.19. The molecule has 0 bridgehead atoms. The Morgan fingerprint density at radius 1 is 1.41 bits per heavy atom. The van der Waals surface area contributed by atoms with Crippen molar-refractivity contribution in [1.29, 1.82) is 0 Å². The Hall–Kier alpha value is -0.620. The van der Waals surface area contributed by atoms with E-state index in [1.165, 1.54) is 3.57 Å². The van der Waals surface area contributed by atoms with Crippen LogP contribution in [0.3, 0.4) is 0 Å². The molecule has 0 spiro atoms. The van der Waals surface area contributed by atoms with Gasteiger partial charge in [0.15, 0.2) is 0 Å². The van der Waals surface area contributed by atoms with Crippen LogP contribution in [0.25, 0.3) is 0 Å². The highest BCUT2D eigenvalue weighted by Gasteiger charge is 2.31. The van der Waals surface area contributed by atoms with Crippen LogP contribution in [-0.4, -0.2) is 25.0 Å². The fourth-order valence-corrected chi connectivity index (χ4v) is 2.42. The first-order chi connectivity index (χ1) is 8.22. The lowest BCUT2D eigenvalue weighted by molar-refractivity contribution is -0.118. The van der Waals surface area contributed by atoms with Crippen LogP contribution in [0.2, 0.25) is 0 Å². The van der Waals surface area contributed by atoms with E-state index in [9.17, 15) is 4.79 Å². The second-order valence-corrected chi connectivity index (χ2v) is 5.51. The van der Waals surface area contributed by atoms with Gasteiger partial charge in [-0.2, -0.15) is 0 Å². The highest BCUT2D eigenvalue weighted by Crippen LogP contribution is 2.22. The van der Waals surface area contributed by atoms with E-state index in [0.717, 1.165) is 31.6 Å². The number of carbonyl (C=O) groups excluding carboxylic acids is 1. The van der Waals surface area contributed by atoms with Crippen molar-refractivity contribution in [2.75, 3.05) is 18.0 Å². The van der Waals surface area contributed by atoms with Crippen LogP contribution in [-0.2, 0) is 4.79 Å². The summed E-state index contributed by atoms with van der Waals surface area (Å²) in [6, 6.07) is 8.12. The molecule has 0 aliphatic carbocycles. The number of carbonyl (C=O) groups is 1. The van der Waals surface area contributed by atoms with Gasteiger partial charge < -0.3 is 10.2 Å². The molecule has 1 aromatic carbocycles. The standard InChI is InChI=1S/C13H17IN2O/c1-2-8-15-12-7-9-16(13(12)17)11-5-3-10(14)4-6-11/h3-6,12,15H,2,7-9H2,1H3. The van der Waals surface area contributed by atoms with Crippen LogP contribution >= 0.6 is 22.6 Å². The lowest BCUT2D eigenvalue weighted by Crippen LogP contribution is -2.38. The van der Waals surface area contributed by atoms with Gasteiger partial charge in [0, 0.05) is 15.8 Å². The minimum absolute atomic E-state index is 0.00854. The molecule has 1 atom stereocenters. The van der Waals surface area contributed by atoms with E-state index in [1.54, 1.807) is 0 Å². The molecule has 1 aliphatic rings. The molecule has 1 saturated heterocycles. The van der Waals surface area contributed by atoms with Crippen molar-refractivity contribution in [1.82, 2.24) is 5.32 Å². The quantitative estimate of drug-likeness (QED) is 0.851. The topological polar surface area (TPSA) is 32.3 Å². The summed E-state index contributed by atoms with van der Waals surface area (Å²) in [6.45, 7) is 3.85. The number of rotatable bonds is 4. The minimum Gasteiger partial charge on any atom is -0.311 e. The van der Waals surface area contributed by atoms with Gasteiger partial charge in [-0.3, -0.25) is 4.79 Å². The molecule has 2 rings (SSSR count). The van der Waals surface area contributed by atoms with Crippen LogP contribution < -0.4 is 10.2 Å². The number of nitrogens with zero attached hydrogens (tertiary/aromatic N) is 1. The van der Waals surface area contributed by atoms with E-state index in [2.05, 4.69) is 34.8 Å². The van der Waals surface area contributed by atoms with Crippen molar-refractivity contribution >= 4 is 34.2 Å². The highest BCUT2D eigenvalue weighted by atomic mass is 127. The number of anilines is 1. The Morgan fingerprint density at radius 2 is 2.12 bits per heavy atom. The van der Waals surface area contributed by atoms with E-state index in [-0.39, 0.29) is 11.9 Å². The van der Waals surface area contributed by atoms with Crippen molar-refractivity contribution in [3.05, 3.63) is 27.8 Å². The second kappa shape index (κ2) is 5.82. The Balaban J connectivity index is 2.04. The molecular weight excluding hydrogens is 327 g/mol. The number of nitrogens with one attached hydrogen (secondary N) is 1. The Morgan fingerprint density at radius 3 is 2.76 bits per heavy atom. The van der Waals surface area contributed by atoms with E-state index in [0.29, 0.717) is 0 Å². The number of hydrogen-bond donors (Lipinski definition) is 1. The summed E-state index contributed by atoms with van der Waals surface area (Å²) in [5.74, 6) is 0.208. The van der Waals surface area contributed by atoms with Crippen LogP contribution in [0.5, 0.6) is 0 Å².